The van der Waals surface area contributed by atoms with Gasteiger partial charge in [-0.25, -0.2) is 0 Å². The van der Waals surface area contributed by atoms with Gasteiger partial charge in [0.1, 0.15) is 6.07 Å². The molecule has 0 saturated heterocycles. The normalized spacial score (nSPS) is 24.2. The Labute approximate surface area is 115 Å². The first kappa shape index (κ1) is 14.0. The molecule has 1 aromatic carbocycles. The van der Waals surface area contributed by atoms with Crippen molar-refractivity contribution in [3.05, 3.63) is 35.4 Å². The topological polar surface area (TPSA) is 36.3 Å². The van der Waals surface area contributed by atoms with Crippen LogP contribution in [0, 0.1) is 11.3 Å². The predicted molar refractivity (Wildman–Crippen MR) is 75.6 cm³/mol. The van der Waals surface area contributed by atoms with E-state index in [9.17, 15) is 5.26 Å². The SMILES string of the molecule is CN(C)CCCC1(C#N)OC(C)(C)c2ccccc21. The van der Waals surface area contributed by atoms with E-state index in [1.807, 2.05) is 46.1 Å². The van der Waals surface area contributed by atoms with E-state index < -0.39 is 5.60 Å². The maximum absolute atomic E-state index is 9.67. The fourth-order valence-electron chi connectivity index (χ4n) is 2.87. The van der Waals surface area contributed by atoms with E-state index >= 15 is 0 Å². The standard InChI is InChI=1S/C16H22N2O/c1-15(2)13-8-5-6-9-14(13)16(12-17,19-15)10-7-11-18(3)4/h5-6,8-9H,7,10-11H2,1-4H3. The largest absolute Gasteiger partial charge is 0.345 e. The number of nitrogens with zero attached hydrogens (tertiary/aromatic N) is 2. The van der Waals surface area contributed by atoms with Crippen LogP contribution < -0.4 is 0 Å². The molecule has 0 amide bonds. The molecule has 0 aliphatic carbocycles. The van der Waals surface area contributed by atoms with E-state index in [0.29, 0.717) is 0 Å². The lowest BCUT2D eigenvalue weighted by molar-refractivity contribution is -0.0984. The fraction of sp³-hybridized carbons (Fsp3) is 0.562. The number of ether oxygens (including phenoxy) is 1. The third kappa shape index (κ3) is 2.51. The zero-order valence-corrected chi connectivity index (χ0v) is 12.2. The number of nitriles is 1. The number of benzene rings is 1. The number of hydrogen-bond donors (Lipinski definition) is 0. The number of hydrogen-bond acceptors (Lipinski definition) is 3. The molecule has 102 valence electrons. The fourth-order valence-corrected chi connectivity index (χ4v) is 2.87. The van der Waals surface area contributed by atoms with Crippen molar-refractivity contribution in [3.8, 4) is 6.07 Å². The van der Waals surface area contributed by atoms with Crippen molar-refractivity contribution in [3.63, 3.8) is 0 Å². The Kier molecular flexibility index (Phi) is 3.66. The zero-order valence-electron chi connectivity index (χ0n) is 12.2. The summed E-state index contributed by atoms with van der Waals surface area (Å²) in [6.07, 6.45) is 1.69. The summed E-state index contributed by atoms with van der Waals surface area (Å²) in [5.41, 5.74) is 1.02. The zero-order chi connectivity index (χ0) is 14.1. The molecule has 0 bridgehead atoms. The average Bonchev–Trinajstić information content (AvgIpc) is 2.59. The van der Waals surface area contributed by atoms with Crippen LogP contribution in [0.1, 0.15) is 37.8 Å². The first-order valence-corrected chi connectivity index (χ1v) is 6.77. The van der Waals surface area contributed by atoms with E-state index in [2.05, 4.69) is 17.0 Å². The molecule has 1 heterocycles. The minimum atomic E-state index is -0.782. The van der Waals surface area contributed by atoms with Crippen molar-refractivity contribution >= 4 is 0 Å². The van der Waals surface area contributed by atoms with Crippen LogP contribution in [-0.2, 0) is 15.9 Å². The Bertz CT molecular complexity index is 502. The van der Waals surface area contributed by atoms with Gasteiger partial charge in [-0.05, 0) is 52.9 Å². The van der Waals surface area contributed by atoms with Crippen LogP contribution in [0.5, 0.6) is 0 Å². The Balaban J connectivity index is 2.30. The third-order valence-corrected chi connectivity index (χ3v) is 3.75. The maximum atomic E-state index is 9.67. The van der Waals surface area contributed by atoms with Gasteiger partial charge in [-0.1, -0.05) is 24.3 Å². The van der Waals surface area contributed by atoms with E-state index in [1.54, 1.807) is 0 Å². The molecule has 2 rings (SSSR count). The van der Waals surface area contributed by atoms with Crippen molar-refractivity contribution in [2.45, 2.75) is 37.9 Å². The third-order valence-electron chi connectivity index (χ3n) is 3.75. The summed E-state index contributed by atoms with van der Waals surface area (Å²) in [4.78, 5) is 2.14. The van der Waals surface area contributed by atoms with Crippen LogP contribution in [0.3, 0.4) is 0 Å². The summed E-state index contributed by atoms with van der Waals surface area (Å²) in [6, 6.07) is 10.5. The second-order valence-corrected chi connectivity index (χ2v) is 6.00. The van der Waals surface area contributed by atoms with Gasteiger partial charge in [-0.15, -0.1) is 0 Å². The highest BCUT2D eigenvalue weighted by molar-refractivity contribution is 5.44. The van der Waals surface area contributed by atoms with Gasteiger partial charge in [0.05, 0.1) is 5.60 Å². The molecule has 0 fully saturated rings. The Hall–Kier alpha value is -1.37. The molecule has 1 atom stereocenters. The van der Waals surface area contributed by atoms with Crippen molar-refractivity contribution in [1.82, 2.24) is 4.90 Å². The van der Waals surface area contributed by atoms with Gasteiger partial charge in [-0.3, -0.25) is 0 Å². The first-order chi connectivity index (χ1) is 8.91. The van der Waals surface area contributed by atoms with Crippen molar-refractivity contribution in [2.75, 3.05) is 20.6 Å². The molecule has 3 heteroatoms. The minimum Gasteiger partial charge on any atom is -0.345 e. The van der Waals surface area contributed by atoms with Crippen LogP contribution >= 0.6 is 0 Å². The predicted octanol–water partition coefficient (Wildman–Crippen LogP) is 3.01. The van der Waals surface area contributed by atoms with E-state index in [-0.39, 0.29) is 5.60 Å². The second kappa shape index (κ2) is 4.96. The lowest BCUT2D eigenvalue weighted by atomic mass is 9.87. The van der Waals surface area contributed by atoms with Gasteiger partial charge in [-0.2, -0.15) is 5.26 Å². The molecule has 0 saturated carbocycles. The van der Waals surface area contributed by atoms with Crippen LogP contribution in [0.2, 0.25) is 0 Å². The van der Waals surface area contributed by atoms with Gasteiger partial charge in [0, 0.05) is 5.56 Å². The van der Waals surface area contributed by atoms with Crippen LogP contribution in [0.25, 0.3) is 0 Å². The molecule has 0 N–H and O–H groups in total. The summed E-state index contributed by atoms with van der Waals surface area (Å²) >= 11 is 0. The second-order valence-electron chi connectivity index (χ2n) is 6.00. The van der Waals surface area contributed by atoms with Gasteiger partial charge in [0.2, 0.25) is 0 Å². The quantitative estimate of drug-likeness (QED) is 0.833. The monoisotopic (exact) mass is 258 g/mol. The summed E-state index contributed by atoms with van der Waals surface area (Å²) in [6.45, 7) is 5.04. The van der Waals surface area contributed by atoms with E-state index in [0.717, 1.165) is 30.5 Å². The Morgan fingerprint density at radius 2 is 1.84 bits per heavy atom. The Morgan fingerprint density at radius 3 is 2.42 bits per heavy atom. The molecule has 0 spiro atoms. The lowest BCUT2D eigenvalue weighted by Crippen LogP contribution is -2.29. The highest BCUT2D eigenvalue weighted by Gasteiger charge is 2.48. The molecule has 1 unspecified atom stereocenters. The molecular formula is C16H22N2O. The van der Waals surface area contributed by atoms with E-state index in [4.69, 9.17) is 4.74 Å². The van der Waals surface area contributed by atoms with Gasteiger partial charge < -0.3 is 9.64 Å². The highest BCUT2D eigenvalue weighted by atomic mass is 16.5. The van der Waals surface area contributed by atoms with E-state index in [1.165, 1.54) is 0 Å². The lowest BCUT2D eigenvalue weighted by Gasteiger charge is -2.26. The highest BCUT2D eigenvalue weighted by Crippen LogP contribution is 2.48. The smallest absolute Gasteiger partial charge is 0.181 e. The molecular weight excluding hydrogens is 236 g/mol. The molecule has 1 aromatic rings. The van der Waals surface area contributed by atoms with Crippen LogP contribution in [0.4, 0.5) is 0 Å². The van der Waals surface area contributed by atoms with Crippen LogP contribution in [-0.4, -0.2) is 25.5 Å². The number of rotatable bonds is 4. The molecule has 1 aliphatic heterocycles. The summed E-state index contributed by atoms with van der Waals surface area (Å²) in [7, 11) is 4.10. The van der Waals surface area contributed by atoms with Gasteiger partial charge >= 0.3 is 0 Å². The number of fused-ring (bicyclic) bond motifs is 1. The van der Waals surface area contributed by atoms with Crippen molar-refractivity contribution in [2.24, 2.45) is 0 Å². The van der Waals surface area contributed by atoms with Crippen LogP contribution in [0.15, 0.2) is 24.3 Å². The summed E-state index contributed by atoms with van der Waals surface area (Å²) in [5, 5.41) is 9.67. The summed E-state index contributed by atoms with van der Waals surface area (Å²) < 4.78 is 6.16. The Morgan fingerprint density at radius 1 is 1.21 bits per heavy atom. The average molecular weight is 258 g/mol. The first-order valence-electron chi connectivity index (χ1n) is 6.77. The molecule has 0 aromatic heterocycles. The van der Waals surface area contributed by atoms with Gasteiger partial charge in [0.25, 0.3) is 0 Å². The molecule has 19 heavy (non-hydrogen) atoms. The van der Waals surface area contributed by atoms with Crippen molar-refractivity contribution < 1.29 is 4.74 Å². The molecule has 0 radical (unpaired) electrons. The molecule has 1 aliphatic rings. The maximum Gasteiger partial charge on any atom is 0.181 e. The van der Waals surface area contributed by atoms with Gasteiger partial charge in [0.15, 0.2) is 5.60 Å². The summed E-state index contributed by atoms with van der Waals surface area (Å²) in [5.74, 6) is 0. The minimum absolute atomic E-state index is 0.384. The van der Waals surface area contributed by atoms with Crippen molar-refractivity contribution in [1.29, 1.82) is 5.26 Å². The molecule has 3 nitrogen and oxygen atoms in total.